The molecule has 21 heavy (non-hydrogen) atoms. The summed E-state index contributed by atoms with van der Waals surface area (Å²) in [6.07, 6.45) is 0. The average Bonchev–Trinajstić information content (AvgIpc) is 2.87. The second-order valence-corrected chi connectivity index (χ2v) is 4.65. The minimum Gasteiger partial charge on any atom is -0.465 e. The average molecular weight is 284 g/mol. The Morgan fingerprint density at radius 2 is 2.05 bits per heavy atom. The Balaban J connectivity index is 1.82. The standard InChI is InChI=1S/C15H13BO5/c1-19-15(17)10-3-2-4-12(7-10)21-13-5-6-14-11(8-13)9-20-16(14)18/h2-8,18H,9H2,1H3. The first kappa shape index (κ1) is 13.7. The van der Waals surface area contributed by atoms with E-state index < -0.39 is 13.1 Å². The third kappa shape index (κ3) is 2.77. The van der Waals surface area contributed by atoms with Crippen LogP contribution in [0, 0.1) is 0 Å². The van der Waals surface area contributed by atoms with Gasteiger partial charge in [0, 0.05) is 0 Å². The molecule has 5 nitrogen and oxygen atoms in total. The van der Waals surface area contributed by atoms with Crippen molar-refractivity contribution in [3.05, 3.63) is 53.6 Å². The van der Waals surface area contributed by atoms with Gasteiger partial charge in [0.1, 0.15) is 11.5 Å². The van der Waals surface area contributed by atoms with Crippen LogP contribution >= 0.6 is 0 Å². The van der Waals surface area contributed by atoms with Crippen molar-refractivity contribution in [2.24, 2.45) is 0 Å². The van der Waals surface area contributed by atoms with Crippen molar-refractivity contribution in [1.82, 2.24) is 0 Å². The summed E-state index contributed by atoms with van der Waals surface area (Å²) in [6, 6.07) is 12.1. The Kier molecular flexibility index (Phi) is 3.64. The van der Waals surface area contributed by atoms with Crippen molar-refractivity contribution in [3.8, 4) is 11.5 Å². The summed E-state index contributed by atoms with van der Waals surface area (Å²) in [5.74, 6) is 0.747. The van der Waals surface area contributed by atoms with Crippen LogP contribution in [0.5, 0.6) is 11.5 Å². The summed E-state index contributed by atoms with van der Waals surface area (Å²) in [4.78, 5) is 11.5. The Labute approximate surface area is 122 Å². The van der Waals surface area contributed by atoms with Crippen LogP contribution in [0.2, 0.25) is 0 Å². The molecule has 0 atom stereocenters. The fourth-order valence-corrected chi connectivity index (χ4v) is 2.21. The first-order valence-electron chi connectivity index (χ1n) is 6.46. The van der Waals surface area contributed by atoms with E-state index in [0.29, 0.717) is 23.7 Å². The molecular weight excluding hydrogens is 271 g/mol. The van der Waals surface area contributed by atoms with Crippen LogP contribution < -0.4 is 10.2 Å². The van der Waals surface area contributed by atoms with E-state index in [9.17, 15) is 9.82 Å². The molecule has 3 rings (SSSR count). The minimum atomic E-state index is -0.864. The van der Waals surface area contributed by atoms with Gasteiger partial charge in [0.05, 0.1) is 19.3 Å². The summed E-state index contributed by atoms with van der Waals surface area (Å²) >= 11 is 0. The zero-order valence-electron chi connectivity index (χ0n) is 11.4. The van der Waals surface area contributed by atoms with E-state index in [-0.39, 0.29) is 0 Å². The summed E-state index contributed by atoms with van der Waals surface area (Å²) in [5, 5.41) is 9.57. The van der Waals surface area contributed by atoms with E-state index in [1.165, 1.54) is 7.11 Å². The number of methoxy groups -OCH3 is 1. The van der Waals surface area contributed by atoms with Gasteiger partial charge in [-0.2, -0.15) is 0 Å². The van der Waals surface area contributed by atoms with Gasteiger partial charge in [0.25, 0.3) is 0 Å². The van der Waals surface area contributed by atoms with Crippen LogP contribution in [0.4, 0.5) is 0 Å². The van der Waals surface area contributed by atoms with Crippen molar-refractivity contribution in [2.75, 3.05) is 7.11 Å². The highest BCUT2D eigenvalue weighted by Crippen LogP contribution is 2.24. The highest BCUT2D eigenvalue weighted by molar-refractivity contribution is 6.61. The number of hydrogen-bond acceptors (Lipinski definition) is 5. The molecule has 6 heteroatoms. The van der Waals surface area contributed by atoms with Crippen molar-refractivity contribution >= 4 is 18.6 Å². The van der Waals surface area contributed by atoms with Gasteiger partial charge in [0.15, 0.2) is 0 Å². The molecule has 106 valence electrons. The van der Waals surface area contributed by atoms with Gasteiger partial charge in [-0.15, -0.1) is 0 Å². The molecule has 0 aliphatic carbocycles. The lowest BCUT2D eigenvalue weighted by atomic mass is 9.80. The van der Waals surface area contributed by atoms with Crippen LogP contribution in [0.25, 0.3) is 0 Å². The Morgan fingerprint density at radius 3 is 2.86 bits per heavy atom. The summed E-state index contributed by atoms with van der Waals surface area (Å²) in [7, 11) is 0.471. The number of benzene rings is 2. The van der Waals surface area contributed by atoms with Crippen molar-refractivity contribution in [1.29, 1.82) is 0 Å². The van der Waals surface area contributed by atoms with E-state index in [0.717, 1.165) is 11.0 Å². The molecule has 0 spiro atoms. The number of carbonyl (C=O) groups is 1. The first-order valence-corrected chi connectivity index (χ1v) is 6.46. The highest BCUT2D eigenvalue weighted by Gasteiger charge is 2.27. The lowest BCUT2D eigenvalue weighted by Crippen LogP contribution is -2.27. The normalized spacial score (nSPS) is 13.0. The van der Waals surface area contributed by atoms with Gasteiger partial charge in [0.2, 0.25) is 0 Å². The maximum absolute atomic E-state index is 11.5. The quantitative estimate of drug-likeness (QED) is 0.683. The minimum absolute atomic E-state index is 0.357. The van der Waals surface area contributed by atoms with Crippen molar-refractivity contribution in [3.63, 3.8) is 0 Å². The molecule has 1 N–H and O–H groups in total. The van der Waals surface area contributed by atoms with Gasteiger partial charge in [-0.25, -0.2) is 4.79 Å². The number of fused-ring (bicyclic) bond motifs is 1. The summed E-state index contributed by atoms with van der Waals surface area (Å²) in [6.45, 7) is 0.357. The van der Waals surface area contributed by atoms with Crippen LogP contribution in [-0.4, -0.2) is 25.2 Å². The SMILES string of the molecule is COC(=O)c1cccc(Oc2ccc3c(c2)COB3O)c1. The van der Waals surface area contributed by atoms with Gasteiger partial charge in [-0.3, -0.25) is 0 Å². The van der Waals surface area contributed by atoms with E-state index in [1.54, 1.807) is 36.4 Å². The monoisotopic (exact) mass is 284 g/mol. The molecule has 1 aliphatic rings. The Hall–Kier alpha value is -2.31. The third-order valence-electron chi connectivity index (χ3n) is 3.27. The lowest BCUT2D eigenvalue weighted by Gasteiger charge is -2.08. The Bertz CT molecular complexity index is 686. The fraction of sp³-hybridized carbons (Fsp3) is 0.133. The topological polar surface area (TPSA) is 65.0 Å². The maximum Gasteiger partial charge on any atom is 0.491 e. The molecule has 0 saturated heterocycles. The molecule has 0 aromatic heterocycles. The molecule has 2 aromatic carbocycles. The molecular formula is C15H13BO5. The second kappa shape index (κ2) is 5.59. The third-order valence-corrected chi connectivity index (χ3v) is 3.27. The van der Waals surface area contributed by atoms with Gasteiger partial charge in [-0.05, 0) is 41.4 Å². The smallest absolute Gasteiger partial charge is 0.465 e. The fourth-order valence-electron chi connectivity index (χ4n) is 2.21. The predicted octanol–water partition coefficient (Wildman–Crippen LogP) is 1.48. The van der Waals surface area contributed by atoms with E-state index in [4.69, 9.17) is 9.39 Å². The van der Waals surface area contributed by atoms with Crippen molar-refractivity contribution < 1.29 is 23.9 Å². The van der Waals surface area contributed by atoms with Crippen LogP contribution in [0.3, 0.4) is 0 Å². The molecule has 1 heterocycles. The van der Waals surface area contributed by atoms with Crippen LogP contribution in [-0.2, 0) is 16.0 Å². The first-order chi connectivity index (χ1) is 10.2. The Morgan fingerprint density at radius 1 is 1.24 bits per heavy atom. The maximum atomic E-state index is 11.5. The van der Waals surface area contributed by atoms with Crippen molar-refractivity contribution in [2.45, 2.75) is 6.61 Å². The number of esters is 1. The number of carbonyl (C=O) groups excluding carboxylic acids is 1. The zero-order chi connectivity index (χ0) is 14.8. The molecule has 0 bridgehead atoms. The van der Waals surface area contributed by atoms with Gasteiger partial charge in [-0.1, -0.05) is 12.1 Å². The molecule has 0 unspecified atom stereocenters. The van der Waals surface area contributed by atoms with E-state index >= 15 is 0 Å². The number of rotatable bonds is 3. The van der Waals surface area contributed by atoms with E-state index in [2.05, 4.69) is 4.74 Å². The van der Waals surface area contributed by atoms with Gasteiger partial charge >= 0.3 is 13.1 Å². The molecule has 0 amide bonds. The molecule has 0 saturated carbocycles. The molecule has 1 aliphatic heterocycles. The largest absolute Gasteiger partial charge is 0.491 e. The molecule has 0 radical (unpaired) electrons. The van der Waals surface area contributed by atoms with Crippen LogP contribution in [0.15, 0.2) is 42.5 Å². The molecule has 2 aromatic rings. The highest BCUT2D eigenvalue weighted by atomic mass is 16.5. The second-order valence-electron chi connectivity index (χ2n) is 4.65. The summed E-state index contributed by atoms with van der Waals surface area (Å²) in [5.41, 5.74) is 2.07. The number of ether oxygens (including phenoxy) is 2. The molecule has 0 fully saturated rings. The van der Waals surface area contributed by atoms with Gasteiger partial charge < -0.3 is 19.2 Å². The summed E-state index contributed by atoms with van der Waals surface area (Å²) < 4.78 is 15.5. The van der Waals surface area contributed by atoms with Crippen LogP contribution in [0.1, 0.15) is 15.9 Å². The number of hydrogen-bond donors (Lipinski definition) is 1. The lowest BCUT2D eigenvalue weighted by molar-refractivity contribution is 0.0600. The predicted molar refractivity (Wildman–Crippen MR) is 76.7 cm³/mol. The van der Waals surface area contributed by atoms with E-state index in [1.807, 2.05) is 6.07 Å². The zero-order valence-corrected chi connectivity index (χ0v) is 11.4.